The standard InChI is InChI=1S/C26H27N3O6/c1-15(30)16-4-6-20-19(12-16)23(25(31)27-20)24(17-5-7-21-22(13-17)35-14-34-21)28(2)18-8-10-29(11-9-18)26(32)33-3/h4-7,12-13,18H,8-11,14H2,1-3H3,(H,27,31). The molecule has 2 amide bonds. The minimum absolute atomic E-state index is 0.0698. The van der Waals surface area contributed by atoms with Crippen molar-refractivity contribution in [1.29, 1.82) is 0 Å². The minimum atomic E-state index is -0.332. The van der Waals surface area contributed by atoms with E-state index in [1.165, 1.54) is 14.0 Å². The van der Waals surface area contributed by atoms with E-state index < -0.39 is 0 Å². The number of anilines is 1. The predicted molar refractivity (Wildman–Crippen MR) is 129 cm³/mol. The first-order valence-corrected chi connectivity index (χ1v) is 11.5. The molecular formula is C26H27N3O6. The minimum Gasteiger partial charge on any atom is -0.454 e. The third kappa shape index (κ3) is 4.07. The van der Waals surface area contributed by atoms with Crippen molar-refractivity contribution >= 4 is 34.7 Å². The van der Waals surface area contributed by atoms with E-state index in [2.05, 4.69) is 10.2 Å². The summed E-state index contributed by atoms with van der Waals surface area (Å²) in [6.07, 6.45) is 1.10. The normalized spacial score (nSPS) is 18.1. The first kappa shape index (κ1) is 22.8. The van der Waals surface area contributed by atoms with E-state index in [1.54, 1.807) is 23.1 Å². The highest BCUT2D eigenvalue weighted by atomic mass is 16.7. The van der Waals surface area contributed by atoms with Gasteiger partial charge in [0.1, 0.15) is 0 Å². The van der Waals surface area contributed by atoms with Crippen molar-refractivity contribution in [2.75, 3.05) is 39.4 Å². The second kappa shape index (κ2) is 8.98. The Bertz CT molecular complexity index is 1250. The summed E-state index contributed by atoms with van der Waals surface area (Å²) in [7, 11) is 3.35. The van der Waals surface area contributed by atoms with Crippen LogP contribution in [-0.4, -0.2) is 67.7 Å². The quantitative estimate of drug-likeness (QED) is 0.531. The Morgan fingerprint density at radius 3 is 2.49 bits per heavy atom. The molecule has 0 saturated carbocycles. The van der Waals surface area contributed by atoms with Crippen molar-refractivity contribution in [1.82, 2.24) is 9.80 Å². The molecule has 0 atom stereocenters. The lowest BCUT2D eigenvalue weighted by molar-refractivity contribution is -0.110. The smallest absolute Gasteiger partial charge is 0.409 e. The van der Waals surface area contributed by atoms with Crippen LogP contribution in [0.3, 0.4) is 0 Å². The molecule has 5 rings (SSSR count). The van der Waals surface area contributed by atoms with Gasteiger partial charge < -0.3 is 29.3 Å². The van der Waals surface area contributed by atoms with Crippen LogP contribution in [0, 0.1) is 0 Å². The molecule has 0 aromatic heterocycles. The molecule has 0 unspecified atom stereocenters. The van der Waals surface area contributed by atoms with Crippen molar-refractivity contribution in [3.05, 3.63) is 53.1 Å². The average molecular weight is 478 g/mol. The van der Waals surface area contributed by atoms with Gasteiger partial charge in [-0.15, -0.1) is 0 Å². The zero-order valence-corrected chi connectivity index (χ0v) is 19.9. The molecule has 1 N–H and O–H groups in total. The number of carbonyl (C=O) groups excluding carboxylic acids is 3. The summed E-state index contributed by atoms with van der Waals surface area (Å²) in [6.45, 7) is 2.78. The van der Waals surface area contributed by atoms with Crippen molar-refractivity contribution in [3.8, 4) is 11.5 Å². The first-order valence-electron chi connectivity index (χ1n) is 11.5. The molecule has 1 fully saturated rings. The van der Waals surface area contributed by atoms with Crippen LogP contribution in [0.1, 0.15) is 41.3 Å². The van der Waals surface area contributed by atoms with E-state index >= 15 is 0 Å². The van der Waals surface area contributed by atoms with E-state index in [1.807, 2.05) is 25.2 Å². The molecule has 0 aliphatic carbocycles. The number of benzene rings is 2. The third-order valence-corrected chi connectivity index (χ3v) is 6.85. The number of ketones is 1. The van der Waals surface area contributed by atoms with Gasteiger partial charge in [-0.1, -0.05) is 0 Å². The number of piperidine rings is 1. The number of hydrogen-bond donors (Lipinski definition) is 1. The Balaban J connectivity index is 1.60. The third-order valence-electron chi connectivity index (χ3n) is 6.85. The molecule has 182 valence electrons. The highest BCUT2D eigenvalue weighted by Crippen LogP contribution is 2.42. The number of amides is 2. The summed E-state index contributed by atoms with van der Waals surface area (Å²) in [5.41, 5.74) is 3.93. The highest BCUT2D eigenvalue weighted by molar-refractivity contribution is 6.36. The second-order valence-electron chi connectivity index (χ2n) is 8.86. The van der Waals surface area contributed by atoms with Gasteiger partial charge in [-0.2, -0.15) is 0 Å². The topological polar surface area (TPSA) is 97.4 Å². The van der Waals surface area contributed by atoms with Gasteiger partial charge in [-0.05, 0) is 56.2 Å². The second-order valence-corrected chi connectivity index (χ2v) is 8.86. The number of likely N-dealkylation sites (tertiary alicyclic amines) is 1. The molecule has 2 aromatic rings. The maximum Gasteiger partial charge on any atom is 0.409 e. The van der Waals surface area contributed by atoms with Gasteiger partial charge >= 0.3 is 6.09 Å². The molecular weight excluding hydrogens is 450 g/mol. The number of ether oxygens (including phenoxy) is 3. The van der Waals surface area contributed by atoms with E-state index in [0.29, 0.717) is 47.0 Å². The number of carbonyl (C=O) groups is 3. The maximum atomic E-state index is 13.3. The van der Waals surface area contributed by atoms with Gasteiger partial charge in [0.15, 0.2) is 17.3 Å². The van der Waals surface area contributed by atoms with Crippen LogP contribution in [0.4, 0.5) is 10.5 Å². The molecule has 3 aliphatic heterocycles. The van der Waals surface area contributed by atoms with Gasteiger partial charge in [0.2, 0.25) is 6.79 Å². The Labute approximate surface area is 203 Å². The highest BCUT2D eigenvalue weighted by Gasteiger charge is 2.34. The van der Waals surface area contributed by atoms with Crippen LogP contribution in [0.5, 0.6) is 11.5 Å². The fourth-order valence-corrected chi connectivity index (χ4v) is 4.94. The fourth-order valence-electron chi connectivity index (χ4n) is 4.94. The predicted octanol–water partition coefficient (Wildman–Crippen LogP) is 3.60. The fraction of sp³-hybridized carbons (Fsp3) is 0.346. The molecule has 3 heterocycles. The molecule has 3 aliphatic rings. The summed E-state index contributed by atoms with van der Waals surface area (Å²) in [5, 5.41) is 2.94. The molecule has 0 spiro atoms. The summed E-state index contributed by atoms with van der Waals surface area (Å²) < 4.78 is 16.0. The van der Waals surface area contributed by atoms with E-state index in [4.69, 9.17) is 14.2 Å². The Kier molecular flexibility index (Phi) is 5.84. The van der Waals surface area contributed by atoms with E-state index in [0.717, 1.165) is 24.1 Å². The molecule has 9 nitrogen and oxygen atoms in total. The molecule has 0 bridgehead atoms. The summed E-state index contributed by atoms with van der Waals surface area (Å²) in [4.78, 5) is 41.2. The number of fused-ring (bicyclic) bond motifs is 2. The van der Waals surface area contributed by atoms with Gasteiger partial charge in [0, 0.05) is 48.6 Å². The van der Waals surface area contributed by atoms with Crippen molar-refractivity contribution in [2.24, 2.45) is 0 Å². The average Bonchev–Trinajstić information content (AvgIpc) is 3.47. The van der Waals surface area contributed by atoms with Gasteiger partial charge in [0.05, 0.1) is 18.4 Å². The van der Waals surface area contributed by atoms with Crippen LogP contribution >= 0.6 is 0 Å². The van der Waals surface area contributed by atoms with Crippen molar-refractivity contribution in [3.63, 3.8) is 0 Å². The number of methoxy groups -OCH3 is 1. The number of nitrogens with one attached hydrogen (secondary N) is 1. The van der Waals surface area contributed by atoms with Crippen LogP contribution < -0.4 is 14.8 Å². The summed E-state index contributed by atoms with van der Waals surface area (Å²) >= 11 is 0. The monoisotopic (exact) mass is 477 g/mol. The lowest BCUT2D eigenvalue weighted by Gasteiger charge is -2.39. The molecule has 1 saturated heterocycles. The number of nitrogens with zero attached hydrogens (tertiary/aromatic N) is 2. The largest absolute Gasteiger partial charge is 0.454 e. The van der Waals surface area contributed by atoms with E-state index in [9.17, 15) is 14.4 Å². The Morgan fingerprint density at radius 1 is 1.06 bits per heavy atom. The molecule has 2 aromatic carbocycles. The van der Waals surface area contributed by atoms with Gasteiger partial charge in [-0.3, -0.25) is 9.59 Å². The Morgan fingerprint density at radius 2 is 1.77 bits per heavy atom. The van der Waals surface area contributed by atoms with Crippen LogP contribution in [0.25, 0.3) is 11.3 Å². The summed E-state index contributed by atoms with van der Waals surface area (Å²) in [6, 6.07) is 11.0. The number of Topliss-reactive ketones (excluding diaryl/α,β-unsaturated/α-hetero) is 1. The first-order chi connectivity index (χ1) is 16.9. The van der Waals surface area contributed by atoms with Crippen molar-refractivity contribution < 1.29 is 28.6 Å². The zero-order valence-electron chi connectivity index (χ0n) is 19.9. The number of hydrogen-bond acceptors (Lipinski definition) is 7. The lowest BCUT2D eigenvalue weighted by atomic mass is 9.94. The lowest BCUT2D eigenvalue weighted by Crippen LogP contribution is -2.45. The summed E-state index contributed by atoms with van der Waals surface area (Å²) in [5.74, 6) is 0.972. The van der Waals surface area contributed by atoms with Crippen molar-refractivity contribution in [2.45, 2.75) is 25.8 Å². The SMILES string of the molecule is COC(=O)N1CCC(N(C)C(=C2C(=O)Nc3ccc(C(C)=O)cc32)c2ccc3c(c2)OCO3)CC1. The van der Waals surface area contributed by atoms with Crippen LogP contribution in [-0.2, 0) is 9.53 Å². The maximum absolute atomic E-state index is 13.3. The van der Waals surface area contributed by atoms with Crippen LogP contribution in [0.2, 0.25) is 0 Å². The van der Waals surface area contributed by atoms with E-state index in [-0.39, 0.29) is 30.6 Å². The number of rotatable bonds is 4. The molecule has 9 heteroatoms. The molecule has 0 radical (unpaired) electrons. The van der Waals surface area contributed by atoms with Crippen LogP contribution in [0.15, 0.2) is 36.4 Å². The Hall–Kier alpha value is -4.01. The van der Waals surface area contributed by atoms with Gasteiger partial charge in [0.25, 0.3) is 5.91 Å². The van der Waals surface area contributed by atoms with Gasteiger partial charge in [-0.25, -0.2) is 4.79 Å². The zero-order chi connectivity index (χ0) is 24.7. The molecule has 35 heavy (non-hydrogen) atoms.